The minimum atomic E-state index is -3.35. The molecule has 0 fully saturated rings. The number of pyridine rings is 1. The third-order valence-corrected chi connectivity index (χ3v) is 5.88. The second-order valence-electron chi connectivity index (χ2n) is 5.29. The van der Waals surface area contributed by atoms with Gasteiger partial charge in [0, 0.05) is 23.0 Å². The van der Waals surface area contributed by atoms with Gasteiger partial charge in [0.25, 0.3) is 0 Å². The highest BCUT2D eigenvalue weighted by molar-refractivity contribution is 7.99. The topological polar surface area (TPSA) is 111 Å². The molecule has 0 saturated heterocycles. The van der Waals surface area contributed by atoms with Crippen molar-refractivity contribution in [2.24, 2.45) is 0 Å². The van der Waals surface area contributed by atoms with Crippen molar-refractivity contribution in [3.63, 3.8) is 0 Å². The molecule has 0 amide bonds. The zero-order chi connectivity index (χ0) is 18.2. The van der Waals surface area contributed by atoms with Crippen LogP contribution in [-0.4, -0.2) is 29.6 Å². The highest BCUT2D eigenvalue weighted by Gasteiger charge is 2.15. The Morgan fingerprint density at radius 2 is 2.12 bits per heavy atom. The molecule has 0 aliphatic carbocycles. The summed E-state index contributed by atoms with van der Waals surface area (Å²) in [6.07, 6.45) is 2.85. The van der Waals surface area contributed by atoms with E-state index in [1.165, 1.54) is 29.2 Å². The number of thioether (sulfide) groups is 1. The molecule has 3 N–H and O–H groups in total. The molecular formula is C14H14ClN5O2S3. The smallest absolute Gasteiger partial charge is 0.229 e. The second-order valence-corrected chi connectivity index (χ2v) is 9.64. The molecule has 0 aliphatic heterocycles. The van der Waals surface area contributed by atoms with E-state index >= 15 is 0 Å². The first-order chi connectivity index (χ1) is 11.7. The van der Waals surface area contributed by atoms with E-state index in [1.807, 2.05) is 13.0 Å². The first-order valence-electron chi connectivity index (χ1n) is 7.03. The summed E-state index contributed by atoms with van der Waals surface area (Å²) in [5.41, 5.74) is 7.01. The number of fused-ring (bicyclic) bond motifs is 1. The van der Waals surface area contributed by atoms with Crippen LogP contribution in [0, 0.1) is 0 Å². The van der Waals surface area contributed by atoms with Gasteiger partial charge in [-0.15, -0.1) is 11.3 Å². The Bertz CT molecular complexity index is 1020. The Kier molecular flexibility index (Phi) is 5.05. The number of nitrogen functional groups attached to an aromatic ring is 1. The van der Waals surface area contributed by atoms with Crippen molar-refractivity contribution >= 4 is 66.3 Å². The van der Waals surface area contributed by atoms with Crippen LogP contribution in [0.4, 0.5) is 11.5 Å². The maximum absolute atomic E-state index is 11.5. The number of sulfonamides is 1. The molecule has 7 nitrogen and oxygen atoms in total. The minimum Gasteiger partial charge on any atom is -0.384 e. The number of hydrogen-bond acceptors (Lipinski definition) is 8. The minimum absolute atomic E-state index is 0.0757. The summed E-state index contributed by atoms with van der Waals surface area (Å²) >= 11 is 8.70. The largest absolute Gasteiger partial charge is 0.384 e. The SMILES string of the molecule is CC(Sc1nc(N)cc(Cl)n1)c1cc2c(NS(C)(=O)=O)csc2cn1. The molecule has 0 spiro atoms. The Morgan fingerprint density at radius 3 is 2.80 bits per heavy atom. The van der Waals surface area contributed by atoms with Crippen LogP contribution in [0.3, 0.4) is 0 Å². The number of rotatable bonds is 5. The molecule has 0 aliphatic rings. The lowest BCUT2D eigenvalue weighted by atomic mass is 10.2. The van der Waals surface area contributed by atoms with Gasteiger partial charge in [0.05, 0.1) is 27.6 Å². The zero-order valence-corrected chi connectivity index (χ0v) is 16.4. The number of aromatic nitrogens is 3. The Hall–Kier alpha value is -1.62. The molecule has 3 rings (SSSR count). The summed E-state index contributed by atoms with van der Waals surface area (Å²) in [4.78, 5) is 12.7. The maximum atomic E-state index is 11.5. The lowest BCUT2D eigenvalue weighted by Crippen LogP contribution is -2.09. The van der Waals surface area contributed by atoms with Gasteiger partial charge < -0.3 is 5.73 Å². The fourth-order valence-electron chi connectivity index (χ4n) is 2.13. The first-order valence-corrected chi connectivity index (χ1v) is 11.1. The molecule has 0 aromatic carbocycles. The third-order valence-electron chi connectivity index (χ3n) is 3.17. The van der Waals surface area contributed by atoms with Gasteiger partial charge in [-0.25, -0.2) is 18.4 Å². The molecule has 3 aromatic heterocycles. The van der Waals surface area contributed by atoms with Gasteiger partial charge in [-0.05, 0) is 13.0 Å². The van der Waals surface area contributed by atoms with E-state index in [9.17, 15) is 8.42 Å². The van der Waals surface area contributed by atoms with Crippen LogP contribution in [0.5, 0.6) is 0 Å². The zero-order valence-electron chi connectivity index (χ0n) is 13.2. The molecule has 1 atom stereocenters. The highest BCUT2D eigenvalue weighted by Crippen LogP contribution is 2.37. The summed E-state index contributed by atoms with van der Waals surface area (Å²) in [6, 6.07) is 3.35. The second kappa shape index (κ2) is 6.94. The summed E-state index contributed by atoms with van der Waals surface area (Å²) in [7, 11) is -3.35. The predicted molar refractivity (Wildman–Crippen MR) is 104 cm³/mol. The van der Waals surface area contributed by atoms with E-state index < -0.39 is 10.0 Å². The number of nitrogens with zero attached hydrogens (tertiary/aromatic N) is 3. The molecule has 0 radical (unpaired) electrons. The van der Waals surface area contributed by atoms with Gasteiger partial charge >= 0.3 is 0 Å². The van der Waals surface area contributed by atoms with Crippen molar-refractivity contribution in [3.05, 3.63) is 34.6 Å². The fourth-order valence-corrected chi connectivity index (χ4v) is 4.74. The molecule has 0 bridgehead atoms. The molecule has 3 aromatic rings. The predicted octanol–water partition coefficient (Wildman–Crippen LogP) is 3.55. The van der Waals surface area contributed by atoms with Gasteiger partial charge in [0.1, 0.15) is 11.0 Å². The average molecular weight is 416 g/mol. The number of hydrogen-bond donors (Lipinski definition) is 2. The van der Waals surface area contributed by atoms with E-state index in [4.69, 9.17) is 17.3 Å². The number of anilines is 2. The van der Waals surface area contributed by atoms with Crippen molar-refractivity contribution in [2.45, 2.75) is 17.3 Å². The van der Waals surface area contributed by atoms with E-state index in [1.54, 1.807) is 11.6 Å². The van der Waals surface area contributed by atoms with Crippen LogP contribution >= 0.6 is 34.7 Å². The van der Waals surface area contributed by atoms with Crippen LogP contribution in [0.25, 0.3) is 10.1 Å². The molecule has 132 valence electrons. The first kappa shape index (κ1) is 18.2. The van der Waals surface area contributed by atoms with Crippen molar-refractivity contribution in [1.82, 2.24) is 15.0 Å². The Morgan fingerprint density at radius 1 is 1.36 bits per heavy atom. The monoisotopic (exact) mass is 415 g/mol. The van der Waals surface area contributed by atoms with Gasteiger partial charge in [-0.1, -0.05) is 23.4 Å². The molecule has 3 heterocycles. The van der Waals surface area contributed by atoms with Crippen molar-refractivity contribution in [1.29, 1.82) is 0 Å². The van der Waals surface area contributed by atoms with Crippen molar-refractivity contribution in [3.8, 4) is 0 Å². The Labute approximate surface area is 158 Å². The fraction of sp³-hybridized carbons (Fsp3) is 0.214. The van der Waals surface area contributed by atoms with Crippen LogP contribution in [0.15, 0.2) is 28.9 Å². The Balaban J connectivity index is 1.91. The summed E-state index contributed by atoms with van der Waals surface area (Å²) in [5.74, 6) is 0.301. The lowest BCUT2D eigenvalue weighted by Gasteiger charge is -2.11. The van der Waals surface area contributed by atoms with E-state index in [2.05, 4.69) is 19.7 Å². The van der Waals surface area contributed by atoms with E-state index in [-0.39, 0.29) is 10.4 Å². The van der Waals surface area contributed by atoms with Crippen molar-refractivity contribution in [2.75, 3.05) is 16.7 Å². The van der Waals surface area contributed by atoms with Crippen LogP contribution in [0.1, 0.15) is 17.9 Å². The van der Waals surface area contributed by atoms with Gasteiger partial charge in [0.2, 0.25) is 10.0 Å². The van der Waals surface area contributed by atoms with E-state index in [0.717, 1.165) is 22.0 Å². The summed E-state index contributed by atoms with van der Waals surface area (Å²) in [6.45, 7) is 1.95. The standard InChI is InChI=1S/C14H14ClN5O2S3/c1-7(24-14-18-12(15)4-13(16)19-14)9-3-8-10(20-25(2,21)22)6-23-11(8)5-17-9/h3-7,20H,1-2H3,(H2,16,18,19). The molecule has 25 heavy (non-hydrogen) atoms. The average Bonchev–Trinajstić information content (AvgIpc) is 2.86. The highest BCUT2D eigenvalue weighted by atomic mass is 35.5. The molecular weight excluding hydrogens is 402 g/mol. The van der Waals surface area contributed by atoms with Gasteiger partial charge in [-0.2, -0.15) is 0 Å². The lowest BCUT2D eigenvalue weighted by molar-refractivity contribution is 0.607. The summed E-state index contributed by atoms with van der Waals surface area (Å²) < 4.78 is 26.4. The van der Waals surface area contributed by atoms with Crippen LogP contribution < -0.4 is 10.5 Å². The van der Waals surface area contributed by atoms with Crippen LogP contribution in [-0.2, 0) is 10.0 Å². The van der Waals surface area contributed by atoms with Crippen molar-refractivity contribution < 1.29 is 8.42 Å². The normalized spacial score (nSPS) is 13.1. The van der Waals surface area contributed by atoms with Gasteiger partial charge in [-0.3, -0.25) is 9.71 Å². The van der Waals surface area contributed by atoms with Gasteiger partial charge in [0.15, 0.2) is 5.16 Å². The number of nitrogens with two attached hydrogens (primary N) is 1. The summed E-state index contributed by atoms with van der Waals surface area (Å²) in [5, 5.41) is 3.23. The molecule has 11 heteroatoms. The number of thiophene rings is 1. The van der Waals surface area contributed by atoms with Crippen LogP contribution in [0.2, 0.25) is 5.15 Å². The molecule has 1 unspecified atom stereocenters. The number of halogens is 1. The quantitative estimate of drug-likeness (QED) is 0.372. The number of nitrogens with one attached hydrogen (secondary N) is 1. The third kappa shape index (κ3) is 4.51. The maximum Gasteiger partial charge on any atom is 0.229 e. The van der Waals surface area contributed by atoms with E-state index in [0.29, 0.717) is 16.7 Å². The molecule has 0 saturated carbocycles.